The van der Waals surface area contributed by atoms with Crippen molar-refractivity contribution >= 4 is 5.91 Å². The van der Waals surface area contributed by atoms with E-state index in [1.54, 1.807) is 0 Å². The first-order valence-corrected chi connectivity index (χ1v) is 13.7. The van der Waals surface area contributed by atoms with Crippen LogP contribution in [0.1, 0.15) is 57.4 Å². The summed E-state index contributed by atoms with van der Waals surface area (Å²) in [5, 5.41) is 3.25. The van der Waals surface area contributed by atoms with E-state index in [9.17, 15) is 4.79 Å². The smallest absolute Gasteiger partial charge is 0.251 e. The number of nitrogens with one attached hydrogen (secondary N) is 1. The highest BCUT2D eigenvalue weighted by atomic mass is 16.5. The Kier molecular flexibility index (Phi) is 7.25. The van der Waals surface area contributed by atoms with Gasteiger partial charge < -0.3 is 14.8 Å². The van der Waals surface area contributed by atoms with Gasteiger partial charge in [0.05, 0.1) is 6.10 Å². The first kappa shape index (κ1) is 24.2. The molecular formula is C32H36N2O3. The van der Waals surface area contributed by atoms with Gasteiger partial charge in [-0.1, -0.05) is 42.5 Å². The molecule has 5 nitrogen and oxygen atoms in total. The molecule has 1 saturated heterocycles. The molecule has 3 aromatic rings. The van der Waals surface area contributed by atoms with Crippen LogP contribution in [-0.2, 0) is 37.1 Å². The molecule has 1 fully saturated rings. The Morgan fingerprint density at radius 1 is 0.946 bits per heavy atom. The Labute approximate surface area is 219 Å². The predicted molar refractivity (Wildman–Crippen MR) is 145 cm³/mol. The van der Waals surface area contributed by atoms with Crippen molar-refractivity contribution in [1.82, 2.24) is 10.2 Å². The van der Waals surface area contributed by atoms with E-state index in [0.29, 0.717) is 12.2 Å². The van der Waals surface area contributed by atoms with Gasteiger partial charge in [0.1, 0.15) is 12.4 Å². The zero-order valence-electron chi connectivity index (χ0n) is 21.5. The molecule has 37 heavy (non-hydrogen) atoms. The first-order chi connectivity index (χ1) is 18.2. The van der Waals surface area contributed by atoms with Crippen LogP contribution in [0.4, 0.5) is 0 Å². The molecule has 0 bridgehead atoms. The van der Waals surface area contributed by atoms with E-state index >= 15 is 0 Å². The molecular weight excluding hydrogens is 460 g/mol. The maximum absolute atomic E-state index is 12.9. The van der Waals surface area contributed by atoms with Crippen LogP contribution in [0.15, 0.2) is 66.7 Å². The van der Waals surface area contributed by atoms with Gasteiger partial charge in [-0.15, -0.1) is 0 Å². The van der Waals surface area contributed by atoms with Crippen molar-refractivity contribution in [1.29, 1.82) is 0 Å². The molecule has 1 aliphatic carbocycles. The quantitative estimate of drug-likeness (QED) is 0.495. The number of hydrogen-bond acceptors (Lipinski definition) is 4. The fourth-order valence-corrected chi connectivity index (χ4v) is 5.91. The molecule has 5 heteroatoms. The number of hydrogen-bond donors (Lipinski definition) is 1. The summed E-state index contributed by atoms with van der Waals surface area (Å²) in [6.07, 6.45) is 6.35. The fourth-order valence-electron chi connectivity index (χ4n) is 5.91. The second-order valence-corrected chi connectivity index (χ2v) is 10.7. The number of nitrogens with zero attached hydrogens (tertiary/aromatic N) is 1. The van der Waals surface area contributed by atoms with Crippen LogP contribution < -0.4 is 10.1 Å². The molecule has 0 radical (unpaired) electrons. The fraction of sp³-hybridized carbons (Fsp3) is 0.406. The van der Waals surface area contributed by atoms with E-state index in [-0.39, 0.29) is 18.1 Å². The molecule has 0 aromatic heterocycles. The Morgan fingerprint density at radius 3 is 2.65 bits per heavy atom. The summed E-state index contributed by atoms with van der Waals surface area (Å²) in [7, 11) is 0. The second kappa shape index (κ2) is 11.1. The summed E-state index contributed by atoms with van der Waals surface area (Å²) in [5.74, 6) is 0.768. The topological polar surface area (TPSA) is 50.8 Å². The Hall–Kier alpha value is -3.15. The van der Waals surface area contributed by atoms with E-state index in [0.717, 1.165) is 70.5 Å². The lowest BCUT2D eigenvalue weighted by Gasteiger charge is -2.30. The number of amides is 1. The van der Waals surface area contributed by atoms with E-state index in [2.05, 4.69) is 52.7 Å². The SMILES string of the molecule is O=C(N[C@H]1CCc2cc(CN3CCc4ccccc4C3)ccc2C1)c1ccc(OC[C@@H]2CCCO2)cc1. The summed E-state index contributed by atoms with van der Waals surface area (Å²) in [6.45, 7) is 4.54. The van der Waals surface area contributed by atoms with E-state index in [1.807, 2.05) is 24.3 Å². The minimum atomic E-state index is -0.0128. The highest BCUT2D eigenvalue weighted by Crippen LogP contribution is 2.26. The average Bonchev–Trinajstić information content (AvgIpc) is 3.46. The number of benzene rings is 3. The van der Waals surface area contributed by atoms with E-state index in [4.69, 9.17) is 9.47 Å². The summed E-state index contributed by atoms with van der Waals surface area (Å²) < 4.78 is 11.4. The Balaban J connectivity index is 1.01. The van der Waals surface area contributed by atoms with Gasteiger partial charge in [0.15, 0.2) is 0 Å². The van der Waals surface area contributed by atoms with Crippen LogP contribution >= 0.6 is 0 Å². The number of ether oxygens (including phenoxy) is 2. The van der Waals surface area contributed by atoms with Gasteiger partial charge in [-0.05, 0) is 90.6 Å². The van der Waals surface area contributed by atoms with Gasteiger partial charge in [0.25, 0.3) is 5.91 Å². The van der Waals surface area contributed by atoms with Crippen molar-refractivity contribution in [2.45, 2.75) is 63.8 Å². The number of carbonyl (C=O) groups excluding carboxylic acids is 1. The van der Waals surface area contributed by atoms with Gasteiger partial charge in [-0.3, -0.25) is 9.69 Å². The van der Waals surface area contributed by atoms with Gasteiger partial charge in [-0.2, -0.15) is 0 Å². The molecule has 2 aliphatic heterocycles. The van der Waals surface area contributed by atoms with Crippen molar-refractivity contribution in [2.24, 2.45) is 0 Å². The summed E-state index contributed by atoms with van der Waals surface area (Å²) in [5.41, 5.74) is 7.83. The van der Waals surface area contributed by atoms with E-state index < -0.39 is 0 Å². The third-order valence-corrected chi connectivity index (χ3v) is 8.03. The third-order valence-electron chi connectivity index (χ3n) is 8.03. The van der Waals surface area contributed by atoms with Crippen molar-refractivity contribution in [3.8, 4) is 5.75 Å². The highest BCUT2D eigenvalue weighted by molar-refractivity contribution is 5.94. The third kappa shape index (κ3) is 5.89. The summed E-state index contributed by atoms with van der Waals surface area (Å²) >= 11 is 0. The Morgan fingerprint density at radius 2 is 1.81 bits per heavy atom. The monoisotopic (exact) mass is 496 g/mol. The predicted octanol–water partition coefficient (Wildman–Crippen LogP) is 5.09. The van der Waals surface area contributed by atoms with Crippen molar-refractivity contribution in [2.75, 3.05) is 19.8 Å². The normalized spacial score (nSPS) is 21.2. The van der Waals surface area contributed by atoms with Gasteiger partial charge in [-0.25, -0.2) is 0 Å². The maximum Gasteiger partial charge on any atom is 0.251 e. The molecule has 1 N–H and O–H groups in total. The standard InChI is InChI=1S/C32H36N2O3/c35-32(25-10-13-30(14-11-25)37-22-31-6-3-17-36-31)33-29-12-9-26-18-23(7-8-27(26)19-29)20-34-16-15-24-4-1-2-5-28(24)21-34/h1-2,4-5,7-8,10-11,13-14,18,29,31H,3,6,9,12,15-17,19-22H2,(H,33,35)/t29-,31-/m0/s1. The molecule has 1 amide bonds. The maximum atomic E-state index is 12.9. The van der Waals surface area contributed by atoms with Crippen molar-refractivity contribution in [3.05, 3.63) is 100 Å². The molecule has 3 aliphatic rings. The minimum absolute atomic E-state index is 0.0128. The average molecular weight is 497 g/mol. The first-order valence-electron chi connectivity index (χ1n) is 13.7. The van der Waals surface area contributed by atoms with E-state index in [1.165, 1.54) is 27.8 Å². The van der Waals surface area contributed by atoms with Gasteiger partial charge in [0.2, 0.25) is 0 Å². The molecule has 192 valence electrons. The van der Waals surface area contributed by atoms with Crippen LogP contribution in [0, 0.1) is 0 Å². The van der Waals surface area contributed by atoms with Crippen molar-refractivity contribution in [3.63, 3.8) is 0 Å². The number of fused-ring (bicyclic) bond motifs is 2. The molecule has 0 spiro atoms. The minimum Gasteiger partial charge on any atom is -0.491 e. The van der Waals surface area contributed by atoms with Gasteiger partial charge >= 0.3 is 0 Å². The summed E-state index contributed by atoms with van der Waals surface area (Å²) in [4.78, 5) is 15.4. The molecule has 3 aromatic carbocycles. The number of carbonyl (C=O) groups is 1. The lowest BCUT2D eigenvalue weighted by atomic mass is 9.87. The van der Waals surface area contributed by atoms with Crippen LogP contribution in [-0.4, -0.2) is 42.7 Å². The molecule has 0 unspecified atom stereocenters. The molecule has 2 atom stereocenters. The van der Waals surface area contributed by atoms with Crippen LogP contribution in [0.3, 0.4) is 0 Å². The Bertz CT molecular complexity index is 1230. The lowest BCUT2D eigenvalue weighted by Crippen LogP contribution is -2.38. The lowest BCUT2D eigenvalue weighted by molar-refractivity contribution is 0.0679. The van der Waals surface area contributed by atoms with Gasteiger partial charge in [0, 0.05) is 37.8 Å². The highest BCUT2D eigenvalue weighted by Gasteiger charge is 2.22. The largest absolute Gasteiger partial charge is 0.491 e. The van der Waals surface area contributed by atoms with Crippen LogP contribution in [0.2, 0.25) is 0 Å². The number of rotatable bonds is 7. The van der Waals surface area contributed by atoms with Crippen LogP contribution in [0.5, 0.6) is 5.75 Å². The second-order valence-electron chi connectivity index (χ2n) is 10.7. The number of aryl methyl sites for hydroxylation is 1. The molecule has 2 heterocycles. The van der Waals surface area contributed by atoms with Crippen LogP contribution in [0.25, 0.3) is 0 Å². The molecule has 6 rings (SSSR count). The summed E-state index contributed by atoms with van der Waals surface area (Å²) in [6, 6.07) is 23.4. The zero-order valence-corrected chi connectivity index (χ0v) is 21.5. The van der Waals surface area contributed by atoms with Crippen molar-refractivity contribution < 1.29 is 14.3 Å². The zero-order chi connectivity index (χ0) is 25.0. The molecule has 0 saturated carbocycles.